The van der Waals surface area contributed by atoms with Crippen molar-refractivity contribution in [1.29, 1.82) is 0 Å². The molecular formula is C10H18O3Si. The first kappa shape index (κ1) is 11.5. The summed E-state index contributed by atoms with van der Waals surface area (Å²) in [4.78, 5) is 11.1. The van der Waals surface area contributed by atoms with Gasteiger partial charge in [-0.3, -0.25) is 0 Å². The minimum Gasteiger partial charge on any atom is -0.431 e. The highest BCUT2D eigenvalue weighted by molar-refractivity contribution is 6.71. The molecular weight excluding hydrogens is 196 g/mol. The van der Waals surface area contributed by atoms with Crippen LogP contribution in [0, 0.1) is 0 Å². The molecule has 0 N–H and O–H groups in total. The SMILES string of the molecule is C=CC(=O)OC1(C)CCC[Si](C)(C)O1. The van der Waals surface area contributed by atoms with Crippen LogP contribution in [0.25, 0.3) is 0 Å². The Kier molecular flexibility index (Phi) is 3.16. The van der Waals surface area contributed by atoms with E-state index in [4.69, 9.17) is 9.16 Å². The highest BCUT2D eigenvalue weighted by atomic mass is 28.4. The minimum atomic E-state index is -1.62. The van der Waals surface area contributed by atoms with Gasteiger partial charge in [-0.1, -0.05) is 6.58 Å². The van der Waals surface area contributed by atoms with E-state index in [1.54, 1.807) is 0 Å². The van der Waals surface area contributed by atoms with Crippen molar-refractivity contribution in [3.8, 4) is 0 Å². The molecule has 80 valence electrons. The van der Waals surface area contributed by atoms with Gasteiger partial charge in [-0.25, -0.2) is 4.79 Å². The molecule has 0 radical (unpaired) electrons. The molecule has 3 nitrogen and oxygen atoms in total. The van der Waals surface area contributed by atoms with Crippen molar-refractivity contribution in [2.75, 3.05) is 0 Å². The second kappa shape index (κ2) is 3.86. The van der Waals surface area contributed by atoms with Gasteiger partial charge in [0, 0.05) is 19.4 Å². The fourth-order valence-corrected chi connectivity index (χ4v) is 4.29. The lowest BCUT2D eigenvalue weighted by molar-refractivity contribution is -0.195. The molecule has 1 heterocycles. The van der Waals surface area contributed by atoms with Gasteiger partial charge in [0.15, 0.2) is 8.32 Å². The van der Waals surface area contributed by atoms with Gasteiger partial charge in [-0.2, -0.15) is 0 Å². The molecule has 1 aliphatic rings. The van der Waals surface area contributed by atoms with Crippen LogP contribution in [0.5, 0.6) is 0 Å². The zero-order chi connectivity index (χ0) is 10.8. The Hall–Kier alpha value is -0.613. The second-order valence-corrected chi connectivity index (χ2v) is 8.70. The molecule has 0 bridgehead atoms. The standard InChI is InChI=1S/C10H18O3Si/c1-5-9(11)12-10(2)7-6-8-14(3,4)13-10/h5H,1,6-8H2,2-4H3. The maximum absolute atomic E-state index is 11.1. The Balaban J connectivity index is 2.64. The van der Waals surface area contributed by atoms with Crippen molar-refractivity contribution in [2.45, 2.75) is 44.7 Å². The van der Waals surface area contributed by atoms with Gasteiger partial charge in [0.2, 0.25) is 5.79 Å². The molecule has 0 aromatic carbocycles. The van der Waals surface area contributed by atoms with E-state index < -0.39 is 20.1 Å². The predicted molar refractivity (Wildman–Crippen MR) is 57.3 cm³/mol. The van der Waals surface area contributed by atoms with Crippen LogP contribution in [0.3, 0.4) is 0 Å². The Morgan fingerprint density at radius 1 is 1.64 bits per heavy atom. The van der Waals surface area contributed by atoms with E-state index in [-0.39, 0.29) is 0 Å². The van der Waals surface area contributed by atoms with Crippen LogP contribution in [-0.2, 0) is 14.0 Å². The molecule has 0 aliphatic carbocycles. The average Bonchev–Trinajstić information content (AvgIpc) is 2.00. The van der Waals surface area contributed by atoms with Crippen molar-refractivity contribution in [2.24, 2.45) is 0 Å². The third-order valence-electron chi connectivity index (χ3n) is 2.39. The van der Waals surface area contributed by atoms with Crippen molar-refractivity contribution in [3.05, 3.63) is 12.7 Å². The van der Waals surface area contributed by atoms with Crippen molar-refractivity contribution >= 4 is 14.3 Å². The van der Waals surface area contributed by atoms with Gasteiger partial charge in [0.05, 0.1) is 0 Å². The van der Waals surface area contributed by atoms with Crippen LogP contribution in [0.1, 0.15) is 19.8 Å². The van der Waals surface area contributed by atoms with Crippen LogP contribution in [0.4, 0.5) is 0 Å². The van der Waals surface area contributed by atoms with Crippen molar-refractivity contribution in [3.63, 3.8) is 0 Å². The molecule has 1 unspecified atom stereocenters. The summed E-state index contributed by atoms with van der Waals surface area (Å²) in [6.45, 7) is 9.50. The summed E-state index contributed by atoms with van der Waals surface area (Å²) in [6, 6.07) is 1.13. The number of esters is 1. The van der Waals surface area contributed by atoms with Crippen LogP contribution >= 0.6 is 0 Å². The molecule has 4 heteroatoms. The predicted octanol–water partition coefficient (Wildman–Crippen LogP) is 2.45. The maximum atomic E-state index is 11.1. The molecule has 14 heavy (non-hydrogen) atoms. The van der Waals surface area contributed by atoms with Gasteiger partial charge >= 0.3 is 5.97 Å². The largest absolute Gasteiger partial charge is 0.431 e. The van der Waals surface area contributed by atoms with Gasteiger partial charge in [0.1, 0.15) is 0 Å². The van der Waals surface area contributed by atoms with E-state index in [9.17, 15) is 4.79 Å². The quantitative estimate of drug-likeness (QED) is 0.402. The van der Waals surface area contributed by atoms with Crippen LogP contribution in [0.15, 0.2) is 12.7 Å². The number of ether oxygens (including phenoxy) is 1. The zero-order valence-corrected chi connectivity index (χ0v) is 10.1. The van der Waals surface area contributed by atoms with E-state index in [0.717, 1.165) is 18.9 Å². The molecule has 0 aromatic rings. The monoisotopic (exact) mass is 214 g/mol. The highest BCUT2D eigenvalue weighted by Crippen LogP contribution is 2.34. The molecule has 0 amide bonds. The minimum absolute atomic E-state index is 0.404. The van der Waals surface area contributed by atoms with Crippen LogP contribution in [0.2, 0.25) is 19.1 Å². The maximum Gasteiger partial charge on any atom is 0.332 e. The lowest BCUT2D eigenvalue weighted by atomic mass is 10.2. The van der Waals surface area contributed by atoms with E-state index in [0.29, 0.717) is 0 Å². The topological polar surface area (TPSA) is 35.5 Å². The summed E-state index contributed by atoms with van der Waals surface area (Å²) in [5.74, 6) is -1.13. The van der Waals surface area contributed by atoms with Gasteiger partial charge in [0.25, 0.3) is 0 Å². The molecule has 0 saturated carbocycles. The first-order valence-corrected chi connectivity index (χ1v) is 8.04. The molecule has 0 aromatic heterocycles. The van der Waals surface area contributed by atoms with Crippen LogP contribution in [-0.4, -0.2) is 20.1 Å². The number of carbonyl (C=O) groups is 1. The van der Waals surface area contributed by atoms with Gasteiger partial charge in [-0.05, 0) is 25.6 Å². The van der Waals surface area contributed by atoms with Gasteiger partial charge < -0.3 is 9.16 Å². The number of carbonyl (C=O) groups excluding carboxylic acids is 1. The summed E-state index contributed by atoms with van der Waals surface area (Å²) in [6.07, 6.45) is 3.03. The summed E-state index contributed by atoms with van der Waals surface area (Å²) < 4.78 is 11.1. The summed E-state index contributed by atoms with van der Waals surface area (Å²) in [5, 5.41) is 0. The molecule has 1 fully saturated rings. The van der Waals surface area contributed by atoms with E-state index >= 15 is 0 Å². The molecule has 1 aliphatic heterocycles. The Morgan fingerprint density at radius 2 is 2.29 bits per heavy atom. The summed E-state index contributed by atoms with van der Waals surface area (Å²) in [7, 11) is -1.62. The lowest BCUT2D eigenvalue weighted by Gasteiger charge is -2.41. The zero-order valence-electron chi connectivity index (χ0n) is 9.13. The smallest absolute Gasteiger partial charge is 0.332 e. The average molecular weight is 214 g/mol. The Morgan fingerprint density at radius 3 is 2.79 bits per heavy atom. The third-order valence-corrected chi connectivity index (χ3v) is 4.93. The van der Waals surface area contributed by atoms with E-state index in [1.165, 1.54) is 6.08 Å². The normalized spacial score (nSPS) is 30.8. The van der Waals surface area contributed by atoms with E-state index in [2.05, 4.69) is 19.7 Å². The molecule has 0 spiro atoms. The first-order valence-electron chi connectivity index (χ1n) is 4.92. The molecule has 1 saturated heterocycles. The van der Waals surface area contributed by atoms with Crippen LogP contribution < -0.4 is 0 Å². The Labute approximate surface area is 86.2 Å². The third kappa shape index (κ3) is 2.96. The highest BCUT2D eigenvalue weighted by Gasteiger charge is 2.41. The van der Waals surface area contributed by atoms with Crippen molar-refractivity contribution < 1.29 is 14.0 Å². The molecule has 1 rings (SSSR count). The van der Waals surface area contributed by atoms with Gasteiger partial charge in [-0.15, -0.1) is 0 Å². The molecule has 1 atom stereocenters. The Bertz CT molecular complexity index is 250. The number of hydrogen-bond donors (Lipinski definition) is 0. The van der Waals surface area contributed by atoms with E-state index in [1.807, 2.05) is 6.92 Å². The number of hydrogen-bond acceptors (Lipinski definition) is 3. The summed E-state index contributed by atoms with van der Waals surface area (Å²) >= 11 is 0. The van der Waals surface area contributed by atoms with Crippen molar-refractivity contribution in [1.82, 2.24) is 0 Å². The second-order valence-electron chi connectivity index (χ2n) is 4.47. The first-order chi connectivity index (χ1) is 6.37. The fraction of sp³-hybridized carbons (Fsp3) is 0.700. The number of rotatable bonds is 2. The lowest BCUT2D eigenvalue weighted by Crippen LogP contribution is -2.48. The fourth-order valence-electron chi connectivity index (χ4n) is 1.85. The summed E-state index contributed by atoms with van der Waals surface area (Å²) in [5.41, 5.74) is 0.